The lowest BCUT2D eigenvalue weighted by Gasteiger charge is -2.36. The summed E-state index contributed by atoms with van der Waals surface area (Å²) in [6.45, 7) is 3.07. The zero-order chi connectivity index (χ0) is 19.7. The van der Waals surface area contributed by atoms with Crippen LogP contribution in [0.25, 0.3) is 0 Å². The van der Waals surface area contributed by atoms with Crippen LogP contribution in [-0.2, 0) is 7.05 Å². The van der Waals surface area contributed by atoms with Crippen molar-refractivity contribution in [1.82, 2.24) is 25.1 Å². The number of carbonyl (C=O) groups is 2. The normalized spacial score (nSPS) is 19.6. The lowest BCUT2D eigenvalue weighted by atomic mass is 10.1. The van der Waals surface area contributed by atoms with Crippen molar-refractivity contribution in [2.45, 2.75) is 6.04 Å². The molecule has 3 heterocycles. The number of rotatable bonds is 4. The molecule has 2 saturated heterocycles. The number of piperazine rings is 1. The number of imidazole rings is 1. The molecule has 2 aliphatic rings. The molecule has 2 fully saturated rings. The Labute approximate surface area is 163 Å². The summed E-state index contributed by atoms with van der Waals surface area (Å²) in [5.41, 5.74) is 1.13. The number of ether oxygens (including phenoxy) is 1. The predicted molar refractivity (Wildman–Crippen MR) is 104 cm³/mol. The van der Waals surface area contributed by atoms with Gasteiger partial charge in [0, 0.05) is 57.7 Å². The number of nitrogens with one attached hydrogen (secondary N) is 2. The van der Waals surface area contributed by atoms with Crippen molar-refractivity contribution in [1.29, 1.82) is 0 Å². The van der Waals surface area contributed by atoms with Crippen molar-refractivity contribution in [3.63, 3.8) is 0 Å². The first kappa shape index (κ1) is 18.3. The Morgan fingerprint density at radius 2 is 2.14 bits per heavy atom. The maximum Gasteiger partial charge on any atom is 0.322 e. The molecule has 1 unspecified atom stereocenters. The second-order valence-corrected chi connectivity index (χ2v) is 6.89. The number of anilines is 1. The van der Waals surface area contributed by atoms with Crippen LogP contribution in [0.1, 0.15) is 22.2 Å². The quantitative estimate of drug-likeness (QED) is 0.812. The zero-order valence-electron chi connectivity index (χ0n) is 16.0. The third kappa shape index (κ3) is 3.18. The van der Waals surface area contributed by atoms with Crippen LogP contribution >= 0.6 is 0 Å². The molecule has 148 valence electrons. The molecule has 0 aliphatic carbocycles. The van der Waals surface area contributed by atoms with Gasteiger partial charge in [0.15, 0.2) is 0 Å². The Hall–Kier alpha value is -3.07. The van der Waals surface area contributed by atoms with E-state index in [1.165, 1.54) is 0 Å². The summed E-state index contributed by atoms with van der Waals surface area (Å²) in [6.07, 6.45) is 3.62. The van der Waals surface area contributed by atoms with E-state index in [0.29, 0.717) is 43.2 Å². The van der Waals surface area contributed by atoms with E-state index in [0.717, 1.165) is 12.4 Å². The van der Waals surface area contributed by atoms with Gasteiger partial charge in [0.2, 0.25) is 0 Å². The van der Waals surface area contributed by atoms with Gasteiger partial charge in [-0.1, -0.05) is 0 Å². The Morgan fingerprint density at radius 3 is 2.82 bits per heavy atom. The first-order valence-electron chi connectivity index (χ1n) is 9.32. The lowest BCUT2D eigenvalue weighted by Crippen LogP contribution is -2.49. The van der Waals surface area contributed by atoms with Crippen molar-refractivity contribution in [3.05, 3.63) is 42.0 Å². The number of urea groups is 1. The van der Waals surface area contributed by atoms with Crippen LogP contribution in [0.5, 0.6) is 5.75 Å². The number of benzene rings is 1. The van der Waals surface area contributed by atoms with E-state index in [2.05, 4.69) is 15.6 Å². The molecule has 0 spiro atoms. The minimum absolute atomic E-state index is 0.0852. The van der Waals surface area contributed by atoms with Crippen LogP contribution in [0.4, 0.5) is 10.5 Å². The fourth-order valence-electron chi connectivity index (χ4n) is 3.78. The van der Waals surface area contributed by atoms with Gasteiger partial charge in [-0.3, -0.25) is 9.69 Å². The molecule has 9 nitrogen and oxygen atoms in total. The van der Waals surface area contributed by atoms with E-state index in [4.69, 9.17) is 4.74 Å². The SMILES string of the molecule is COc1ccc(C(=O)N2CCNCC2c2nccn2C)cc1N1CCNC1=O. The van der Waals surface area contributed by atoms with E-state index in [1.807, 2.05) is 22.7 Å². The highest BCUT2D eigenvalue weighted by atomic mass is 16.5. The number of aryl methyl sites for hydroxylation is 1. The van der Waals surface area contributed by atoms with Crippen molar-refractivity contribution >= 4 is 17.6 Å². The second kappa shape index (κ2) is 7.51. The molecule has 2 aliphatic heterocycles. The number of carbonyl (C=O) groups excluding carboxylic acids is 2. The Morgan fingerprint density at radius 1 is 1.29 bits per heavy atom. The fraction of sp³-hybridized carbons (Fsp3) is 0.421. The minimum Gasteiger partial charge on any atom is -0.495 e. The van der Waals surface area contributed by atoms with Gasteiger partial charge in [0.1, 0.15) is 17.6 Å². The molecule has 1 aromatic heterocycles. The van der Waals surface area contributed by atoms with Gasteiger partial charge in [-0.15, -0.1) is 0 Å². The van der Waals surface area contributed by atoms with Gasteiger partial charge >= 0.3 is 6.03 Å². The number of methoxy groups -OCH3 is 1. The van der Waals surface area contributed by atoms with Gasteiger partial charge in [-0.25, -0.2) is 9.78 Å². The molecular formula is C19H24N6O3. The van der Waals surface area contributed by atoms with Gasteiger partial charge in [-0.2, -0.15) is 0 Å². The standard InChI is InChI=1S/C19H24N6O3/c1-23-8-6-21-17(23)15-12-20-5-9-24(15)18(26)13-3-4-16(28-2)14(11-13)25-10-7-22-19(25)27/h3-4,6,8,11,15,20H,5,7,9-10,12H2,1-2H3,(H,22,27). The summed E-state index contributed by atoms with van der Waals surface area (Å²) >= 11 is 0. The third-order valence-corrected chi connectivity index (χ3v) is 5.23. The topological polar surface area (TPSA) is 91.7 Å². The Kier molecular flexibility index (Phi) is 4.91. The van der Waals surface area contributed by atoms with Crippen molar-refractivity contribution in [3.8, 4) is 5.75 Å². The molecule has 2 N–H and O–H groups in total. The lowest BCUT2D eigenvalue weighted by molar-refractivity contribution is 0.0621. The maximum atomic E-state index is 13.4. The molecule has 1 atom stereocenters. The van der Waals surface area contributed by atoms with Gasteiger partial charge in [0.25, 0.3) is 5.91 Å². The smallest absolute Gasteiger partial charge is 0.322 e. The number of aromatic nitrogens is 2. The minimum atomic E-state index is -0.184. The van der Waals surface area contributed by atoms with E-state index in [9.17, 15) is 9.59 Å². The largest absolute Gasteiger partial charge is 0.495 e. The highest BCUT2D eigenvalue weighted by molar-refractivity contribution is 6.00. The van der Waals surface area contributed by atoms with E-state index < -0.39 is 0 Å². The molecular weight excluding hydrogens is 360 g/mol. The fourth-order valence-corrected chi connectivity index (χ4v) is 3.78. The van der Waals surface area contributed by atoms with Gasteiger partial charge in [0.05, 0.1) is 12.8 Å². The van der Waals surface area contributed by atoms with Crippen LogP contribution in [0, 0.1) is 0 Å². The zero-order valence-corrected chi connectivity index (χ0v) is 16.0. The average molecular weight is 384 g/mol. The van der Waals surface area contributed by atoms with E-state index in [1.54, 1.807) is 36.4 Å². The summed E-state index contributed by atoms with van der Waals surface area (Å²) in [6, 6.07) is 4.89. The highest BCUT2D eigenvalue weighted by Crippen LogP contribution is 2.32. The molecule has 1 aromatic carbocycles. The van der Waals surface area contributed by atoms with Crippen LogP contribution in [0.3, 0.4) is 0 Å². The van der Waals surface area contributed by atoms with Crippen LogP contribution < -0.4 is 20.3 Å². The van der Waals surface area contributed by atoms with Crippen molar-refractivity contribution in [2.24, 2.45) is 7.05 Å². The van der Waals surface area contributed by atoms with Crippen LogP contribution in [0.2, 0.25) is 0 Å². The van der Waals surface area contributed by atoms with E-state index >= 15 is 0 Å². The highest BCUT2D eigenvalue weighted by Gasteiger charge is 2.32. The van der Waals surface area contributed by atoms with E-state index in [-0.39, 0.29) is 18.0 Å². The van der Waals surface area contributed by atoms with Crippen molar-refractivity contribution < 1.29 is 14.3 Å². The first-order valence-corrected chi connectivity index (χ1v) is 9.32. The summed E-state index contributed by atoms with van der Waals surface area (Å²) in [5.74, 6) is 1.32. The second-order valence-electron chi connectivity index (χ2n) is 6.89. The molecule has 0 bridgehead atoms. The first-order chi connectivity index (χ1) is 13.6. The van der Waals surface area contributed by atoms with Gasteiger partial charge in [-0.05, 0) is 18.2 Å². The Balaban J connectivity index is 1.67. The average Bonchev–Trinajstić information content (AvgIpc) is 3.34. The van der Waals surface area contributed by atoms with Crippen LogP contribution in [0.15, 0.2) is 30.6 Å². The predicted octanol–water partition coefficient (Wildman–Crippen LogP) is 0.745. The molecule has 4 rings (SSSR count). The molecule has 2 aromatic rings. The monoisotopic (exact) mass is 384 g/mol. The van der Waals surface area contributed by atoms with Gasteiger partial charge < -0.3 is 24.8 Å². The Bertz CT molecular complexity index is 896. The molecule has 28 heavy (non-hydrogen) atoms. The summed E-state index contributed by atoms with van der Waals surface area (Å²) in [7, 11) is 3.48. The molecule has 0 radical (unpaired) electrons. The summed E-state index contributed by atoms with van der Waals surface area (Å²) < 4.78 is 7.35. The maximum absolute atomic E-state index is 13.4. The number of amides is 3. The van der Waals surface area contributed by atoms with Crippen molar-refractivity contribution in [2.75, 3.05) is 44.7 Å². The summed E-state index contributed by atoms with van der Waals surface area (Å²) in [5, 5.41) is 6.12. The molecule has 3 amide bonds. The third-order valence-electron chi connectivity index (χ3n) is 5.23. The number of hydrogen-bond acceptors (Lipinski definition) is 5. The molecule has 0 saturated carbocycles. The number of nitrogens with zero attached hydrogens (tertiary/aromatic N) is 4. The summed E-state index contributed by atoms with van der Waals surface area (Å²) in [4.78, 5) is 33.4. The molecule has 9 heteroatoms. The number of hydrogen-bond donors (Lipinski definition) is 2. The van der Waals surface area contributed by atoms with Crippen LogP contribution in [-0.4, -0.2) is 66.2 Å².